The molecule has 6 nitrogen and oxygen atoms in total. The van der Waals surface area contributed by atoms with E-state index in [1.54, 1.807) is 13.0 Å². The first-order chi connectivity index (χ1) is 14.6. The molecule has 0 unspecified atom stereocenters. The van der Waals surface area contributed by atoms with E-state index in [9.17, 15) is 4.39 Å². The lowest BCUT2D eigenvalue weighted by Gasteiger charge is -2.23. The van der Waals surface area contributed by atoms with Crippen molar-refractivity contribution in [2.45, 2.75) is 13.8 Å². The summed E-state index contributed by atoms with van der Waals surface area (Å²) in [6.07, 6.45) is 0. The zero-order chi connectivity index (χ0) is 20.4. The number of pyridine rings is 1. The summed E-state index contributed by atoms with van der Waals surface area (Å²) in [6.45, 7) is 3.76. The number of para-hydroxylation sites is 1. The summed E-state index contributed by atoms with van der Waals surface area (Å²) in [5.74, 6) is 1.41. The number of hydrogen-bond donors (Lipinski definition) is 1. The van der Waals surface area contributed by atoms with Crippen LogP contribution in [0.15, 0.2) is 59.1 Å². The molecule has 30 heavy (non-hydrogen) atoms. The molecule has 0 saturated heterocycles. The van der Waals surface area contributed by atoms with Gasteiger partial charge in [-0.05, 0) is 24.6 Å². The first-order valence-corrected chi connectivity index (χ1v) is 9.60. The molecule has 1 aliphatic heterocycles. The number of fused-ring (bicyclic) bond motifs is 2. The fourth-order valence-electron chi connectivity index (χ4n) is 4.10. The summed E-state index contributed by atoms with van der Waals surface area (Å²) < 4.78 is 22.0. The Morgan fingerprint density at radius 1 is 0.900 bits per heavy atom. The van der Waals surface area contributed by atoms with E-state index in [0.29, 0.717) is 34.6 Å². The first-order valence-electron chi connectivity index (χ1n) is 9.60. The maximum atomic E-state index is 15.0. The van der Waals surface area contributed by atoms with E-state index in [0.717, 1.165) is 27.9 Å². The van der Waals surface area contributed by atoms with Crippen LogP contribution in [-0.2, 0) is 0 Å². The molecule has 0 amide bonds. The zero-order valence-corrected chi connectivity index (χ0v) is 16.3. The van der Waals surface area contributed by atoms with Crippen molar-refractivity contribution in [2.24, 2.45) is 0 Å². The van der Waals surface area contributed by atoms with Gasteiger partial charge in [0.05, 0.1) is 11.4 Å². The van der Waals surface area contributed by atoms with Gasteiger partial charge in [0.2, 0.25) is 11.7 Å². The van der Waals surface area contributed by atoms with E-state index in [1.165, 1.54) is 6.07 Å². The van der Waals surface area contributed by atoms with Crippen LogP contribution in [0, 0.1) is 19.7 Å². The third kappa shape index (κ3) is 2.26. The Morgan fingerprint density at radius 2 is 1.70 bits per heavy atom. The third-order valence-corrected chi connectivity index (χ3v) is 5.45. The minimum Gasteiger partial charge on any atom is -0.339 e. The van der Waals surface area contributed by atoms with Gasteiger partial charge in [-0.3, -0.25) is 4.40 Å². The average molecular weight is 397 g/mol. The van der Waals surface area contributed by atoms with Crippen LogP contribution >= 0.6 is 0 Å². The van der Waals surface area contributed by atoms with Crippen LogP contribution in [0.2, 0.25) is 0 Å². The van der Waals surface area contributed by atoms with Crippen molar-refractivity contribution < 1.29 is 8.91 Å². The van der Waals surface area contributed by atoms with Crippen LogP contribution in [0.5, 0.6) is 0 Å². The lowest BCUT2D eigenvalue weighted by atomic mass is 10.0. The molecule has 0 spiro atoms. The number of hydrogen-bond acceptors (Lipinski definition) is 5. The molecular formula is C23H16FN5O. The minimum atomic E-state index is -0.289. The van der Waals surface area contributed by atoms with Gasteiger partial charge in [0.15, 0.2) is 0 Å². The molecule has 0 radical (unpaired) electrons. The Kier molecular flexibility index (Phi) is 3.38. The second kappa shape index (κ2) is 6.00. The number of imidazole rings is 1. The van der Waals surface area contributed by atoms with Crippen molar-refractivity contribution in [2.75, 3.05) is 5.32 Å². The molecule has 0 fully saturated rings. The van der Waals surface area contributed by atoms with Gasteiger partial charge in [0, 0.05) is 23.6 Å². The van der Waals surface area contributed by atoms with Crippen LogP contribution in [0.4, 0.5) is 15.9 Å². The maximum Gasteiger partial charge on any atom is 0.223 e. The number of nitrogens with one attached hydrogen (secondary N) is 1. The van der Waals surface area contributed by atoms with E-state index in [2.05, 4.69) is 15.5 Å². The zero-order valence-electron chi connectivity index (χ0n) is 16.3. The minimum absolute atomic E-state index is 0.289. The second-order valence-electron chi connectivity index (χ2n) is 7.34. The Balaban J connectivity index is 1.68. The van der Waals surface area contributed by atoms with Gasteiger partial charge in [-0.25, -0.2) is 9.37 Å². The van der Waals surface area contributed by atoms with Crippen molar-refractivity contribution in [3.63, 3.8) is 0 Å². The predicted molar refractivity (Wildman–Crippen MR) is 112 cm³/mol. The highest BCUT2D eigenvalue weighted by molar-refractivity contribution is 5.94. The topological polar surface area (TPSA) is 68.2 Å². The monoisotopic (exact) mass is 397 g/mol. The molecule has 3 aromatic heterocycles. The molecule has 0 bridgehead atoms. The van der Waals surface area contributed by atoms with Crippen molar-refractivity contribution in [1.29, 1.82) is 0 Å². The van der Waals surface area contributed by atoms with Crippen molar-refractivity contribution >= 4 is 17.2 Å². The first kappa shape index (κ1) is 16.9. The molecular weight excluding hydrogens is 381 g/mol. The lowest BCUT2D eigenvalue weighted by Crippen LogP contribution is -2.10. The van der Waals surface area contributed by atoms with Gasteiger partial charge in [-0.15, -0.1) is 0 Å². The number of aryl methyl sites for hydroxylation is 2. The maximum absolute atomic E-state index is 15.0. The van der Waals surface area contributed by atoms with Crippen molar-refractivity contribution in [3.05, 3.63) is 71.9 Å². The van der Waals surface area contributed by atoms with Crippen LogP contribution in [-0.4, -0.2) is 19.5 Å². The number of nitrogens with zero attached hydrogens (tertiary/aromatic N) is 4. The normalized spacial score (nSPS) is 12.1. The summed E-state index contributed by atoms with van der Waals surface area (Å²) in [7, 11) is 0. The molecule has 0 aliphatic carbocycles. The highest BCUT2D eigenvalue weighted by Crippen LogP contribution is 2.45. The highest BCUT2D eigenvalue weighted by atomic mass is 19.1. The lowest BCUT2D eigenvalue weighted by molar-refractivity contribution is 0.394. The van der Waals surface area contributed by atoms with Crippen LogP contribution < -0.4 is 5.32 Å². The summed E-state index contributed by atoms with van der Waals surface area (Å²) in [5, 5.41) is 7.58. The molecule has 1 aliphatic rings. The largest absolute Gasteiger partial charge is 0.339 e. The molecule has 1 N–H and O–H groups in total. The Hall–Kier alpha value is -4.00. The van der Waals surface area contributed by atoms with Gasteiger partial charge < -0.3 is 9.84 Å². The van der Waals surface area contributed by atoms with Crippen molar-refractivity contribution in [1.82, 2.24) is 19.5 Å². The molecule has 5 aromatic rings. The average Bonchev–Trinajstić information content (AvgIpc) is 3.35. The molecule has 6 rings (SSSR count). The number of benzene rings is 2. The number of aromatic nitrogens is 4. The van der Waals surface area contributed by atoms with E-state index in [4.69, 9.17) is 9.51 Å². The van der Waals surface area contributed by atoms with Crippen LogP contribution in [0.1, 0.15) is 11.5 Å². The number of halogens is 1. The predicted octanol–water partition coefficient (Wildman–Crippen LogP) is 5.53. The third-order valence-electron chi connectivity index (χ3n) is 5.45. The number of anilines is 2. The fraction of sp³-hybridized carbons (Fsp3) is 0.0870. The van der Waals surface area contributed by atoms with Gasteiger partial charge in [0.1, 0.15) is 23.0 Å². The van der Waals surface area contributed by atoms with Crippen LogP contribution in [0.25, 0.3) is 39.5 Å². The van der Waals surface area contributed by atoms with Gasteiger partial charge >= 0.3 is 0 Å². The molecule has 0 saturated carbocycles. The Labute approximate surface area is 171 Å². The molecule has 0 atom stereocenters. The van der Waals surface area contributed by atoms with E-state index >= 15 is 0 Å². The van der Waals surface area contributed by atoms with Crippen molar-refractivity contribution in [3.8, 4) is 33.9 Å². The fourth-order valence-corrected chi connectivity index (χ4v) is 4.10. The SMILES string of the molecule is Cc1nc(-c2ccccc2-c2nc3ccc(F)c4n3c2Nc2c(C)cccc2-4)no1. The van der Waals surface area contributed by atoms with Gasteiger partial charge in [-0.2, -0.15) is 4.98 Å². The van der Waals surface area contributed by atoms with Gasteiger partial charge in [-0.1, -0.05) is 47.6 Å². The summed E-state index contributed by atoms with van der Waals surface area (Å²) in [6, 6.07) is 16.8. The Bertz CT molecular complexity index is 1470. The molecule has 7 heteroatoms. The summed E-state index contributed by atoms with van der Waals surface area (Å²) in [4.78, 5) is 9.23. The smallest absolute Gasteiger partial charge is 0.223 e. The van der Waals surface area contributed by atoms with Gasteiger partial charge in [0.25, 0.3) is 0 Å². The molecule has 4 heterocycles. The Morgan fingerprint density at radius 3 is 2.50 bits per heavy atom. The standard InChI is InChI=1S/C23H16FN5O/c1-12-6-5-9-16-19(12)27-23-20(26-18-11-10-17(24)21(16)29(18)23)14-7-3-4-8-15(14)22-25-13(2)30-28-22/h3-11,27H,1-2H3. The van der Waals surface area contributed by atoms with Crippen LogP contribution in [0.3, 0.4) is 0 Å². The summed E-state index contributed by atoms with van der Waals surface area (Å²) >= 11 is 0. The quantitative estimate of drug-likeness (QED) is 0.416. The molecule has 2 aromatic carbocycles. The number of rotatable bonds is 2. The van der Waals surface area contributed by atoms with E-state index < -0.39 is 0 Å². The van der Waals surface area contributed by atoms with E-state index in [1.807, 2.05) is 53.8 Å². The second-order valence-corrected chi connectivity index (χ2v) is 7.34. The molecule has 146 valence electrons. The van der Waals surface area contributed by atoms with E-state index in [-0.39, 0.29) is 5.82 Å². The summed E-state index contributed by atoms with van der Waals surface area (Å²) in [5.41, 5.74) is 6.24. The highest BCUT2D eigenvalue weighted by Gasteiger charge is 2.28.